The smallest absolute Gasteiger partial charge is 0.0753 e. The van der Waals surface area contributed by atoms with Crippen LogP contribution in [0.4, 0.5) is 11.4 Å². The van der Waals surface area contributed by atoms with Crippen LogP contribution in [-0.4, -0.2) is 0 Å². The molecule has 3 N–H and O–H groups in total. The molecule has 66 valence electrons. The molecule has 0 saturated carbocycles. The van der Waals surface area contributed by atoms with E-state index in [1.54, 1.807) is 0 Å². The highest BCUT2D eigenvalue weighted by Crippen LogP contribution is 2.27. The standard InChI is InChI=1S/C9H13N3.H2/c1-6(2)7-3-4-8-9(5-7)11-12-10-8;/h3-6,10-12H,1-2H3;1H. The predicted molar refractivity (Wildman–Crippen MR) is 53.0 cm³/mol. The molecule has 12 heavy (non-hydrogen) atoms. The molecule has 0 amide bonds. The Kier molecular flexibility index (Phi) is 1.66. The number of fused-ring (bicyclic) bond motifs is 1. The van der Waals surface area contributed by atoms with Crippen molar-refractivity contribution in [2.24, 2.45) is 0 Å². The van der Waals surface area contributed by atoms with Crippen LogP contribution in [0.15, 0.2) is 18.2 Å². The maximum atomic E-state index is 3.03. The van der Waals surface area contributed by atoms with Crippen molar-refractivity contribution < 1.29 is 1.43 Å². The van der Waals surface area contributed by atoms with Gasteiger partial charge in [0.15, 0.2) is 0 Å². The molecule has 1 heterocycles. The van der Waals surface area contributed by atoms with Gasteiger partial charge in [0, 0.05) is 1.43 Å². The van der Waals surface area contributed by atoms with Crippen molar-refractivity contribution in [1.82, 2.24) is 5.53 Å². The van der Waals surface area contributed by atoms with E-state index in [0.717, 1.165) is 11.4 Å². The summed E-state index contributed by atoms with van der Waals surface area (Å²) in [7, 11) is 0. The van der Waals surface area contributed by atoms with Crippen LogP contribution in [0.1, 0.15) is 26.8 Å². The van der Waals surface area contributed by atoms with Gasteiger partial charge in [-0.25, -0.2) is 0 Å². The molecule has 0 saturated heterocycles. The van der Waals surface area contributed by atoms with Crippen LogP contribution in [0, 0.1) is 0 Å². The first-order valence-corrected chi connectivity index (χ1v) is 4.18. The molecule has 0 radical (unpaired) electrons. The molecule has 1 aliphatic heterocycles. The van der Waals surface area contributed by atoms with Crippen LogP contribution in [0.25, 0.3) is 0 Å². The zero-order chi connectivity index (χ0) is 8.55. The molecule has 0 fully saturated rings. The largest absolute Gasteiger partial charge is 0.302 e. The molecule has 1 aliphatic rings. The van der Waals surface area contributed by atoms with Crippen molar-refractivity contribution in [3.8, 4) is 0 Å². The minimum Gasteiger partial charge on any atom is -0.302 e. The molecule has 0 atom stereocenters. The van der Waals surface area contributed by atoms with E-state index in [2.05, 4.69) is 48.4 Å². The molecule has 0 aromatic heterocycles. The summed E-state index contributed by atoms with van der Waals surface area (Å²) in [5, 5.41) is 0. The summed E-state index contributed by atoms with van der Waals surface area (Å²) in [5.41, 5.74) is 12.5. The maximum Gasteiger partial charge on any atom is 0.0753 e. The fraction of sp³-hybridized carbons (Fsp3) is 0.333. The first-order valence-electron chi connectivity index (χ1n) is 4.18. The minimum absolute atomic E-state index is 0. The van der Waals surface area contributed by atoms with E-state index in [1.165, 1.54) is 5.56 Å². The Hall–Kier alpha value is -1.22. The zero-order valence-corrected chi connectivity index (χ0v) is 7.31. The number of nitrogens with one attached hydrogen (secondary N) is 3. The van der Waals surface area contributed by atoms with Crippen LogP contribution >= 0.6 is 0 Å². The molecule has 3 heteroatoms. The first-order chi connectivity index (χ1) is 5.77. The van der Waals surface area contributed by atoms with Crippen LogP contribution < -0.4 is 16.4 Å². The minimum atomic E-state index is 0. The monoisotopic (exact) mass is 165 g/mol. The highest BCUT2D eigenvalue weighted by Gasteiger charge is 2.09. The lowest BCUT2D eigenvalue weighted by molar-refractivity contribution is 0.867. The maximum absolute atomic E-state index is 3.03. The second kappa shape index (κ2) is 2.68. The Bertz CT molecular complexity index is 299. The summed E-state index contributed by atoms with van der Waals surface area (Å²) in [4.78, 5) is 0. The third-order valence-electron chi connectivity index (χ3n) is 2.10. The summed E-state index contributed by atoms with van der Waals surface area (Å²) in [6, 6.07) is 6.38. The second-order valence-electron chi connectivity index (χ2n) is 3.33. The SMILES string of the molecule is CC(C)c1ccc2c(c1)NNN2.[HH]. The van der Waals surface area contributed by atoms with Gasteiger partial charge in [-0.2, -0.15) is 0 Å². The molecular formula is C9H15N3. The topological polar surface area (TPSA) is 36.1 Å². The number of hydrazine groups is 2. The molecule has 0 bridgehead atoms. The second-order valence-corrected chi connectivity index (χ2v) is 3.33. The van der Waals surface area contributed by atoms with Gasteiger partial charge in [-0.3, -0.25) is 0 Å². The van der Waals surface area contributed by atoms with Gasteiger partial charge >= 0.3 is 0 Å². The number of hydrogen-bond donors (Lipinski definition) is 3. The van der Waals surface area contributed by atoms with E-state index in [1.807, 2.05) is 0 Å². The Morgan fingerprint density at radius 2 is 1.92 bits per heavy atom. The molecule has 0 spiro atoms. The lowest BCUT2D eigenvalue weighted by Gasteiger charge is -2.06. The lowest BCUT2D eigenvalue weighted by Crippen LogP contribution is -2.19. The summed E-state index contributed by atoms with van der Waals surface area (Å²) in [6.07, 6.45) is 0. The summed E-state index contributed by atoms with van der Waals surface area (Å²) in [6.45, 7) is 4.38. The van der Waals surface area contributed by atoms with E-state index >= 15 is 0 Å². The average Bonchev–Trinajstić information content (AvgIpc) is 2.49. The van der Waals surface area contributed by atoms with E-state index in [-0.39, 0.29) is 1.43 Å². The van der Waals surface area contributed by atoms with E-state index in [4.69, 9.17) is 0 Å². The highest BCUT2D eigenvalue weighted by atomic mass is 15.6. The highest BCUT2D eigenvalue weighted by molar-refractivity contribution is 5.72. The molecule has 0 unspecified atom stereocenters. The average molecular weight is 165 g/mol. The van der Waals surface area contributed by atoms with Gasteiger partial charge < -0.3 is 10.9 Å². The number of anilines is 2. The fourth-order valence-electron chi connectivity index (χ4n) is 1.30. The van der Waals surface area contributed by atoms with Gasteiger partial charge in [-0.1, -0.05) is 19.9 Å². The summed E-state index contributed by atoms with van der Waals surface area (Å²) >= 11 is 0. The fourth-order valence-corrected chi connectivity index (χ4v) is 1.30. The van der Waals surface area contributed by atoms with Gasteiger partial charge in [-0.05, 0) is 23.6 Å². The van der Waals surface area contributed by atoms with Crippen molar-refractivity contribution in [3.05, 3.63) is 23.8 Å². The zero-order valence-electron chi connectivity index (χ0n) is 7.31. The molecule has 1 aromatic rings. The first kappa shape index (κ1) is 7.43. The van der Waals surface area contributed by atoms with Crippen LogP contribution in [0.3, 0.4) is 0 Å². The van der Waals surface area contributed by atoms with Gasteiger partial charge in [0.2, 0.25) is 0 Å². The van der Waals surface area contributed by atoms with Crippen molar-refractivity contribution in [1.29, 1.82) is 0 Å². The third-order valence-corrected chi connectivity index (χ3v) is 2.10. The molecule has 2 rings (SSSR count). The summed E-state index contributed by atoms with van der Waals surface area (Å²) in [5.74, 6) is 0.581. The Morgan fingerprint density at radius 1 is 1.17 bits per heavy atom. The van der Waals surface area contributed by atoms with Gasteiger partial charge in [0.25, 0.3) is 0 Å². The molecule has 1 aromatic carbocycles. The van der Waals surface area contributed by atoms with Gasteiger partial charge in [0.1, 0.15) is 0 Å². The van der Waals surface area contributed by atoms with Crippen LogP contribution in [0.5, 0.6) is 0 Å². The number of rotatable bonds is 1. The number of hydrogen-bond acceptors (Lipinski definition) is 3. The quantitative estimate of drug-likeness (QED) is 0.597. The van der Waals surface area contributed by atoms with Gasteiger partial charge in [0.05, 0.1) is 11.4 Å². The van der Waals surface area contributed by atoms with E-state index in [0.29, 0.717) is 5.92 Å². The van der Waals surface area contributed by atoms with E-state index in [9.17, 15) is 0 Å². The van der Waals surface area contributed by atoms with Crippen LogP contribution in [0.2, 0.25) is 0 Å². The van der Waals surface area contributed by atoms with Crippen LogP contribution in [-0.2, 0) is 0 Å². The number of benzene rings is 1. The van der Waals surface area contributed by atoms with E-state index < -0.39 is 0 Å². The Morgan fingerprint density at radius 3 is 2.67 bits per heavy atom. The van der Waals surface area contributed by atoms with Crippen molar-refractivity contribution in [2.45, 2.75) is 19.8 Å². The Balaban J connectivity index is 0.000000845. The van der Waals surface area contributed by atoms with Crippen molar-refractivity contribution in [3.63, 3.8) is 0 Å². The van der Waals surface area contributed by atoms with Crippen molar-refractivity contribution in [2.75, 3.05) is 10.9 Å². The summed E-state index contributed by atoms with van der Waals surface area (Å²) < 4.78 is 0. The predicted octanol–water partition coefficient (Wildman–Crippen LogP) is 2.31. The molecule has 3 nitrogen and oxygen atoms in total. The molecular weight excluding hydrogens is 150 g/mol. The van der Waals surface area contributed by atoms with Gasteiger partial charge in [-0.15, -0.1) is 5.53 Å². The lowest BCUT2D eigenvalue weighted by atomic mass is 10.0. The Labute approximate surface area is 73.6 Å². The normalized spacial score (nSPS) is 13.9. The molecule has 0 aliphatic carbocycles. The third kappa shape index (κ3) is 1.12. The van der Waals surface area contributed by atoms with Crippen molar-refractivity contribution >= 4 is 11.4 Å².